The maximum absolute atomic E-state index is 12.2. The van der Waals surface area contributed by atoms with E-state index in [0.717, 1.165) is 5.56 Å². The van der Waals surface area contributed by atoms with E-state index in [1.54, 1.807) is 32.2 Å². The third kappa shape index (κ3) is 3.68. The Morgan fingerprint density at radius 2 is 2.12 bits per heavy atom. The smallest absolute Gasteiger partial charge is 0.337 e. The monoisotopic (exact) mass is 348 g/mol. The molecule has 1 aliphatic rings. The number of nitrogens with one attached hydrogen (secondary N) is 2. The number of hydrogen-bond acceptors (Lipinski definition) is 5. The Labute approximate surface area is 146 Å². The van der Waals surface area contributed by atoms with Crippen LogP contribution >= 0.6 is 12.2 Å². The van der Waals surface area contributed by atoms with Crippen LogP contribution in [-0.4, -0.2) is 31.9 Å². The average molecular weight is 348 g/mol. The van der Waals surface area contributed by atoms with Crippen molar-refractivity contribution in [2.24, 2.45) is 0 Å². The zero-order valence-corrected chi connectivity index (χ0v) is 14.7. The Morgan fingerprint density at radius 3 is 2.75 bits per heavy atom. The molecule has 7 heteroatoms. The van der Waals surface area contributed by atoms with Crippen molar-refractivity contribution in [2.75, 3.05) is 20.8 Å². The molecule has 0 aliphatic carbocycles. The van der Waals surface area contributed by atoms with Crippen molar-refractivity contribution in [3.05, 3.63) is 47.7 Å². The molecule has 1 atom stereocenters. The highest BCUT2D eigenvalue weighted by Gasteiger charge is 2.31. The number of methoxy groups -OCH3 is 2. The number of rotatable bonds is 6. The molecule has 1 aliphatic heterocycles. The summed E-state index contributed by atoms with van der Waals surface area (Å²) < 4.78 is 15.8. The fourth-order valence-electron chi connectivity index (χ4n) is 2.46. The topological polar surface area (TPSA) is 68.8 Å². The summed E-state index contributed by atoms with van der Waals surface area (Å²) in [4.78, 5) is 12.2. The molecule has 1 aromatic carbocycles. The minimum Gasteiger partial charge on any atom is -0.493 e. The van der Waals surface area contributed by atoms with E-state index in [1.807, 2.05) is 6.07 Å². The Hall–Kier alpha value is -2.54. The number of benzene rings is 1. The fraction of sp³-hybridized carbons (Fsp3) is 0.294. The van der Waals surface area contributed by atoms with Gasteiger partial charge in [-0.2, -0.15) is 0 Å². The molecule has 0 aromatic heterocycles. The molecule has 0 fully saturated rings. The van der Waals surface area contributed by atoms with Gasteiger partial charge in [-0.25, -0.2) is 4.79 Å². The van der Waals surface area contributed by atoms with E-state index < -0.39 is 12.0 Å². The first-order valence-corrected chi connectivity index (χ1v) is 7.70. The van der Waals surface area contributed by atoms with Gasteiger partial charge in [0.25, 0.3) is 0 Å². The molecule has 0 spiro atoms. The molecule has 2 N–H and O–H groups in total. The predicted octanol–water partition coefficient (Wildman–Crippen LogP) is 2.23. The van der Waals surface area contributed by atoms with Crippen molar-refractivity contribution < 1.29 is 19.0 Å². The van der Waals surface area contributed by atoms with Crippen LogP contribution in [0, 0.1) is 0 Å². The van der Waals surface area contributed by atoms with Crippen LogP contribution < -0.4 is 20.1 Å². The van der Waals surface area contributed by atoms with Crippen LogP contribution in [0.3, 0.4) is 0 Å². The standard InChI is InChI=1S/C17H20N2O4S/c1-5-8-23-12-7-6-11(9-13(12)21-3)15-14(16(20)22-4)10(2)18-17(24)19-15/h5-7,9,15H,1,8H2,2-4H3,(H2,18,19,24)/t15-/m1/s1. The molecule has 0 radical (unpaired) electrons. The molecule has 0 saturated heterocycles. The van der Waals surface area contributed by atoms with Crippen LogP contribution in [0.25, 0.3) is 0 Å². The van der Waals surface area contributed by atoms with E-state index in [9.17, 15) is 4.79 Å². The Kier molecular flexibility index (Phi) is 5.81. The lowest BCUT2D eigenvalue weighted by Gasteiger charge is -2.30. The van der Waals surface area contributed by atoms with Crippen molar-refractivity contribution in [1.82, 2.24) is 10.6 Å². The minimum atomic E-state index is -0.437. The number of esters is 1. The first-order valence-electron chi connectivity index (χ1n) is 7.30. The van der Waals surface area contributed by atoms with Crippen molar-refractivity contribution in [3.8, 4) is 11.5 Å². The number of carbonyl (C=O) groups is 1. The second-order valence-electron chi connectivity index (χ2n) is 5.07. The summed E-state index contributed by atoms with van der Waals surface area (Å²) in [5.41, 5.74) is 1.93. The molecule has 0 unspecified atom stereocenters. The summed E-state index contributed by atoms with van der Waals surface area (Å²) in [6.07, 6.45) is 1.65. The van der Waals surface area contributed by atoms with E-state index >= 15 is 0 Å². The number of hydrogen-bond donors (Lipinski definition) is 2. The van der Waals surface area contributed by atoms with Crippen molar-refractivity contribution in [1.29, 1.82) is 0 Å². The van der Waals surface area contributed by atoms with Gasteiger partial charge in [0, 0.05) is 5.70 Å². The molecular formula is C17H20N2O4S. The third-order valence-electron chi connectivity index (χ3n) is 3.55. The molecule has 0 saturated carbocycles. The Bertz CT molecular complexity index is 700. The predicted molar refractivity (Wildman–Crippen MR) is 95.0 cm³/mol. The maximum atomic E-state index is 12.2. The quantitative estimate of drug-likeness (QED) is 0.464. The molecule has 1 aromatic rings. The largest absolute Gasteiger partial charge is 0.493 e. The molecule has 0 amide bonds. The van der Waals surface area contributed by atoms with E-state index in [4.69, 9.17) is 26.4 Å². The summed E-state index contributed by atoms with van der Waals surface area (Å²) in [6, 6.07) is 5.01. The lowest BCUT2D eigenvalue weighted by molar-refractivity contribution is -0.136. The highest BCUT2D eigenvalue weighted by atomic mass is 32.1. The zero-order valence-electron chi connectivity index (χ0n) is 13.8. The van der Waals surface area contributed by atoms with Crippen LogP contribution in [0.2, 0.25) is 0 Å². The lowest BCUT2D eigenvalue weighted by atomic mass is 9.95. The Balaban J connectivity index is 2.44. The van der Waals surface area contributed by atoms with E-state index in [2.05, 4.69) is 17.2 Å². The van der Waals surface area contributed by atoms with E-state index in [1.165, 1.54) is 7.11 Å². The van der Waals surface area contributed by atoms with E-state index in [-0.39, 0.29) is 0 Å². The first-order chi connectivity index (χ1) is 11.5. The van der Waals surface area contributed by atoms with Gasteiger partial charge in [-0.1, -0.05) is 18.7 Å². The fourth-order valence-corrected chi connectivity index (χ4v) is 2.73. The summed E-state index contributed by atoms with van der Waals surface area (Å²) in [6.45, 7) is 5.78. The number of allylic oxidation sites excluding steroid dienone is 1. The van der Waals surface area contributed by atoms with Gasteiger partial charge in [0.05, 0.1) is 25.8 Å². The Morgan fingerprint density at radius 1 is 1.38 bits per heavy atom. The van der Waals surface area contributed by atoms with Gasteiger partial charge in [-0.15, -0.1) is 0 Å². The van der Waals surface area contributed by atoms with Gasteiger partial charge in [0.15, 0.2) is 16.6 Å². The summed E-state index contributed by atoms with van der Waals surface area (Å²) in [5.74, 6) is 0.728. The average Bonchev–Trinajstić information content (AvgIpc) is 2.58. The molecule has 2 rings (SSSR count). The molecule has 24 heavy (non-hydrogen) atoms. The highest BCUT2D eigenvalue weighted by Crippen LogP contribution is 2.34. The van der Waals surface area contributed by atoms with Gasteiger partial charge < -0.3 is 24.8 Å². The first kappa shape index (κ1) is 17.8. The summed E-state index contributed by atoms with van der Waals surface area (Å²) >= 11 is 5.20. The second-order valence-corrected chi connectivity index (χ2v) is 5.48. The zero-order chi connectivity index (χ0) is 17.7. The molecule has 6 nitrogen and oxygen atoms in total. The minimum absolute atomic E-state index is 0.373. The van der Waals surface area contributed by atoms with Gasteiger partial charge in [-0.05, 0) is 36.8 Å². The second kappa shape index (κ2) is 7.83. The normalized spacial score (nSPS) is 16.8. The molecule has 0 bridgehead atoms. The van der Waals surface area contributed by atoms with Crippen LogP contribution in [0.1, 0.15) is 18.5 Å². The van der Waals surface area contributed by atoms with Gasteiger partial charge in [-0.3, -0.25) is 0 Å². The third-order valence-corrected chi connectivity index (χ3v) is 3.77. The number of ether oxygens (including phenoxy) is 3. The van der Waals surface area contributed by atoms with Gasteiger partial charge >= 0.3 is 5.97 Å². The van der Waals surface area contributed by atoms with Gasteiger partial charge in [0.2, 0.25) is 0 Å². The van der Waals surface area contributed by atoms with E-state index in [0.29, 0.717) is 34.5 Å². The van der Waals surface area contributed by atoms with Crippen LogP contribution in [-0.2, 0) is 9.53 Å². The highest BCUT2D eigenvalue weighted by molar-refractivity contribution is 7.80. The molecular weight excluding hydrogens is 328 g/mol. The number of carbonyl (C=O) groups excluding carboxylic acids is 1. The molecule has 1 heterocycles. The van der Waals surface area contributed by atoms with Crippen LogP contribution in [0.5, 0.6) is 11.5 Å². The van der Waals surface area contributed by atoms with Crippen molar-refractivity contribution in [2.45, 2.75) is 13.0 Å². The SMILES string of the molecule is C=CCOc1ccc([C@H]2NC(=S)NC(C)=C2C(=O)OC)cc1OC. The van der Waals surface area contributed by atoms with Gasteiger partial charge in [0.1, 0.15) is 6.61 Å². The molecule has 128 valence electrons. The summed E-state index contributed by atoms with van der Waals surface area (Å²) in [5, 5.41) is 6.48. The number of thiocarbonyl (C=S) groups is 1. The van der Waals surface area contributed by atoms with Crippen LogP contribution in [0.15, 0.2) is 42.1 Å². The van der Waals surface area contributed by atoms with Crippen molar-refractivity contribution >= 4 is 23.3 Å². The maximum Gasteiger partial charge on any atom is 0.337 e. The van der Waals surface area contributed by atoms with Crippen molar-refractivity contribution in [3.63, 3.8) is 0 Å². The summed E-state index contributed by atoms with van der Waals surface area (Å²) in [7, 11) is 2.90. The van der Waals surface area contributed by atoms with Crippen LogP contribution in [0.4, 0.5) is 0 Å². The lowest BCUT2D eigenvalue weighted by Crippen LogP contribution is -2.45.